The van der Waals surface area contributed by atoms with E-state index in [0.29, 0.717) is 22.5 Å². The molecular weight excluding hydrogens is 605 g/mol. The van der Waals surface area contributed by atoms with Crippen LogP contribution in [0.15, 0.2) is 70.1 Å². The third kappa shape index (κ3) is 6.34. The Balaban J connectivity index is 1.49. The highest BCUT2D eigenvalue weighted by molar-refractivity contribution is 8.02. The molecule has 1 aliphatic rings. The quantitative estimate of drug-likeness (QED) is 0.212. The Bertz CT molecular complexity index is 1870. The maximum atomic E-state index is 15.7. The van der Waals surface area contributed by atoms with Crippen LogP contribution in [0.25, 0.3) is 28.5 Å². The monoisotopic (exact) mass is 643 g/mol. The van der Waals surface area contributed by atoms with Crippen molar-refractivity contribution in [3.05, 3.63) is 94.4 Å². The van der Waals surface area contributed by atoms with E-state index in [4.69, 9.17) is 10.1 Å². The van der Waals surface area contributed by atoms with Gasteiger partial charge in [0.2, 0.25) is 0 Å². The second-order valence-electron chi connectivity index (χ2n) is 12.9. The summed E-state index contributed by atoms with van der Waals surface area (Å²) in [5.74, 6) is 0.552. The van der Waals surface area contributed by atoms with Crippen LogP contribution >= 0.6 is 23.5 Å². The molecule has 0 aliphatic carbocycles. The molecule has 2 aromatic carbocycles. The van der Waals surface area contributed by atoms with E-state index in [-0.39, 0.29) is 15.8 Å². The van der Waals surface area contributed by atoms with Crippen LogP contribution in [-0.4, -0.2) is 30.5 Å². The molecule has 5 nitrogen and oxygen atoms in total. The molecular formula is C36H39F2N5S2. The number of benzene rings is 2. The summed E-state index contributed by atoms with van der Waals surface area (Å²) >= 11 is 2.90. The first-order chi connectivity index (χ1) is 21.6. The van der Waals surface area contributed by atoms with Crippen molar-refractivity contribution in [2.45, 2.75) is 75.0 Å². The van der Waals surface area contributed by atoms with Gasteiger partial charge >= 0.3 is 0 Å². The van der Waals surface area contributed by atoms with E-state index in [1.165, 1.54) is 22.9 Å². The summed E-state index contributed by atoms with van der Waals surface area (Å²) in [5, 5.41) is 7.66. The summed E-state index contributed by atoms with van der Waals surface area (Å²) < 4.78 is 32.7. The summed E-state index contributed by atoms with van der Waals surface area (Å²) in [6.07, 6.45) is 10.3. The molecule has 45 heavy (non-hydrogen) atoms. The largest absolute Gasteiger partial charge is 0.359 e. The molecule has 0 unspecified atom stereocenters. The van der Waals surface area contributed by atoms with Crippen molar-refractivity contribution < 1.29 is 8.78 Å². The number of aromatic nitrogens is 5. The Morgan fingerprint density at radius 1 is 1.04 bits per heavy atom. The second kappa shape index (κ2) is 12.8. The summed E-state index contributed by atoms with van der Waals surface area (Å²) in [6.45, 7) is 9.06. The Morgan fingerprint density at radius 3 is 2.71 bits per heavy atom. The molecule has 6 rings (SSSR count). The molecule has 0 amide bonds. The standard InChI is InChI=1S/C36H39F2N5S2/c1-6-9-23-10-7-11-24(20-23)36(4)16-8-15-35(2,3)22-44-19-14-27-26-13-18-40-31(26)29(37)30(38)32(27)45-25-12-17-39-28(21-25)33-41-34(36)42-43(33)5/h7,10-14,17-21,40H,6,8-9,15-16,22H2,1-5H3/b19-14+/t36-/m1/s1. The van der Waals surface area contributed by atoms with Crippen LogP contribution in [0.3, 0.4) is 0 Å². The van der Waals surface area contributed by atoms with E-state index in [9.17, 15) is 0 Å². The van der Waals surface area contributed by atoms with Crippen molar-refractivity contribution in [1.82, 2.24) is 24.7 Å². The van der Waals surface area contributed by atoms with E-state index in [1.54, 1.807) is 34.9 Å². The molecule has 234 valence electrons. The highest BCUT2D eigenvalue weighted by Crippen LogP contribution is 2.42. The Labute approximate surface area is 272 Å². The number of thioether (sulfide) groups is 1. The zero-order valence-corrected chi connectivity index (χ0v) is 28.1. The average molecular weight is 644 g/mol. The van der Waals surface area contributed by atoms with Crippen molar-refractivity contribution in [3.8, 4) is 11.5 Å². The minimum atomic E-state index is -0.875. The van der Waals surface area contributed by atoms with Crippen LogP contribution in [0.1, 0.15) is 75.9 Å². The van der Waals surface area contributed by atoms with Crippen LogP contribution < -0.4 is 0 Å². The smallest absolute Gasteiger partial charge is 0.184 e. The number of halogens is 2. The van der Waals surface area contributed by atoms with Crippen molar-refractivity contribution in [2.24, 2.45) is 12.5 Å². The van der Waals surface area contributed by atoms with Gasteiger partial charge in [-0.25, -0.2) is 18.4 Å². The van der Waals surface area contributed by atoms with Gasteiger partial charge in [0.05, 0.1) is 15.8 Å². The van der Waals surface area contributed by atoms with Gasteiger partial charge in [0, 0.05) is 41.0 Å². The number of H-pyrrole nitrogens is 1. The van der Waals surface area contributed by atoms with Crippen LogP contribution in [0.4, 0.5) is 8.78 Å². The molecule has 0 spiro atoms. The second-order valence-corrected chi connectivity index (χ2v) is 14.9. The van der Waals surface area contributed by atoms with Gasteiger partial charge in [-0.15, -0.1) is 11.8 Å². The Kier molecular flexibility index (Phi) is 8.94. The van der Waals surface area contributed by atoms with Crippen LogP contribution in [-0.2, 0) is 18.9 Å². The third-order valence-electron chi connectivity index (χ3n) is 8.77. The van der Waals surface area contributed by atoms with Crippen LogP contribution in [0.5, 0.6) is 0 Å². The van der Waals surface area contributed by atoms with Gasteiger partial charge in [0.15, 0.2) is 23.3 Å². The van der Waals surface area contributed by atoms with Crippen molar-refractivity contribution in [1.29, 1.82) is 0 Å². The first-order valence-corrected chi connectivity index (χ1v) is 17.4. The van der Waals surface area contributed by atoms with Crippen LogP contribution in [0, 0.1) is 17.0 Å². The number of aryl methyl sites for hydroxylation is 2. The van der Waals surface area contributed by atoms with Crippen molar-refractivity contribution in [3.63, 3.8) is 0 Å². The van der Waals surface area contributed by atoms with Gasteiger partial charge in [-0.1, -0.05) is 69.6 Å². The van der Waals surface area contributed by atoms with Gasteiger partial charge in [-0.2, -0.15) is 5.10 Å². The predicted octanol–water partition coefficient (Wildman–Crippen LogP) is 9.96. The van der Waals surface area contributed by atoms with Gasteiger partial charge in [-0.3, -0.25) is 4.98 Å². The highest BCUT2D eigenvalue weighted by Gasteiger charge is 2.35. The predicted molar refractivity (Wildman–Crippen MR) is 183 cm³/mol. The molecule has 1 atom stereocenters. The van der Waals surface area contributed by atoms with Crippen LogP contribution in [0.2, 0.25) is 0 Å². The molecule has 3 aromatic heterocycles. The summed E-state index contributed by atoms with van der Waals surface area (Å²) in [5.41, 5.74) is 3.66. The van der Waals surface area contributed by atoms with Gasteiger partial charge < -0.3 is 4.98 Å². The zero-order chi connectivity index (χ0) is 31.8. The maximum absolute atomic E-state index is 15.7. The number of aromatic amines is 1. The molecule has 0 saturated heterocycles. The first kappa shape index (κ1) is 31.5. The molecule has 4 heterocycles. The molecule has 1 aliphatic heterocycles. The molecule has 4 bridgehead atoms. The molecule has 9 heteroatoms. The van der Waals surface area contributed by atoms with E-state index >= 15 is 8.78 Å². The van der Waals surface area contributed by atoms with Gasteiger partial charge in [0.25, 0.3) is 0 Å². The van der Waals surface area contributed by atoms with Gasteiger partial charge in [-0.05, 0) is 72.4 Å². The average Bonchev–Trinajstić information content (AvgIpc) is 3.67. The number of nitrogens with zero attached hydrogens (tertiary/aromatic N) is 4. The summed E-state index contributed by atoms with van der Waals surface area (Å²) in [6, 6.07) is 14.4. The fourth-order valence-corrected chi connectivity index (χ4v) is 8.10. The zero-order valence-electron chi connectivity index (χ0n) is 26.5. The normalized spacial score (nSPS) is 19.5. The number of pyridine rings is 1. The molecule has 0 saturated carbocycles. The van der Waals surface area contributed by atoms with Gasteiger partial charge in [0.1, 0.15) is 5.69 Å². The highest BCUT2D eigenvalue weighted by atomic mass is 32.2. The maximum Gasteiger partial charge on any atom is 0.184 e. The fraction of sp³-hybridized carbons (Fsp3) is 0.361. The van der Waals surface area contributed by atoms with E-state index in [1.807, 2.05) is 30.7 Å². The lowest BCUT2D eigenvalue weighted by Crippen LogP contribution is -2.27. The minimum Gasteiger partial charge on any atom is -0.359 e. The summed E-state index contributed by atoms with van der Waals surface area (Å²) in [4.78, 5) is 13.6. The first-order valence-electron chi connectivity index (χ1n) is 15.5. The van der Waals surface area contributed by atoms with E-state index in [2.05, 4.69) is 61.9 Å². The topological polar surface area (TPSA) is 59.4 Å². The Morgan fingerprint density at radius 2 is 1.89 bits per heavy atom. The van der Waals surface area contributed by atoms with Crippen molar-refractivity contribution >= 4 is 40.5 Å². The number of fused-ring (bicyclic) bond motifs is 8. The molecule has 0 radical (unpaired) electrons. The fourth-order valence-electron chi connectivity index (χ4n) is 6.17. The number of hydrogen-bond acceptors (Lipinski definition) is 5. The lowest BCUT2D eigenvalue weighted by atomic mass is 9.75. The summed E-state index contributed by atoms with van der Waals surface area (Å²) in [7, 11) is 1.89. The molecule has 1 N–H and O–H groups in total. The molecule has 5 aromatic rings. The third-order valence-corrected chi connectivity index (χ3v) is 11.1. The van der Waals surface area contributed by atoms with E-state index < -0.39 is 17.0 Å². The lowest BCUT2D eigenvalue weighted by molar-refractivity contribution is 0.343. The Hall–Kier alpha value is -3.43. The number of nitrogens with one attached hydrogen (secondary N) is 1. The number of hydrogen-bond donors (Lipinski definition) is 1. The van der Waals surface area contributed by atoms with E-state index in [0.717, 1.165) is 48.6 Å². The molecule has 0 fully saturated rings. The lowest BCUT2D eigenvalue weighted by Gasteiger charge is -2.30. The SMILES string of the molecule is CCCc1cccc([C@@]2(C)CCCC(C)(C)CS/C=C/c3c(c(F)c(F)c4[nH]ccc34)Sc3ccnc(c3)-c3nc2nn3C)c1. The minimum absolute atomic E-state index is 0.0600. The number of rotatable bonds is 3. The van der Waals surface area contributed by atoms with Crippen molar-refractivity contribution in [2.75, 3.05) is 5.75 Å².